The van der Waals surface area contributed by atoms with Crippen molar-refractivity contribution in [2.24, 2.45) is 18.0 Å². The van der Waals surface area contributed by atoms with Crippen molar-refractivity contribution in [1.29, 1.82) is 10.5 Å². The number of hydrogen-bond acceptors (Lipinski definition) is 5. The van der Waals surface area contributed by atoms with Gasteiger partial charge in [0.15, 0.2) is 5.82 Å². The molecule has 7 nitrogen and oxygen atoms in total. The van der Waals surface area contributed by atoms with Gasteiger partial charge in [-0.1, -0.05) is 24.3 Å². The summed E-state index contributed by atoms with van der Waals surface area (Å²) in [5, 5.41) is 27.6. The highest BCUT2D eigenvalue weighted by Crippen LogP contribution is 2.39. The molecular formula is C24H20N6O. The quantitative estimate of drug-likeness (QED) is 0.696. The van der Waals surface area contributed by atoms with E-state index >= 15 is 0 Å². The number of fused-ring (bicyclic) bond motifs is 1. The molecule has 1 aliphatic heterocycles. The van der Waals surface area contributed by atoms with Crippen LogP contribution in [0, 0.1) is 28.6 Å². The first-order valence-corrected chi connectivity index (χ1v) is 9.83. The van der Waals surface area contributed by atoms with Crippen molar-refractivity contribution in [1.82, 2.24) is 9.78 Å². The van der Waals surface area contributed by atoms with E-state index in [2.05, 4.69) is 27.5 Å². The number of hydrogen-bond donors (Lipinski definition) is 1. The molecule has 0 bridgehead atoms. The first kappa shape index (κ1) is 20.1. The van der Waals surface area contributed by atoms with Crippen LogP contribution in [-0.2, 0) is 7.05 Å². The molecule has 0 spiro atoms. The highest BCUT2D eigenvalue weighted by atomic mass is 16.1. The van der Waals surface area contributed by atoms with Crippen LogP contribution in [0.1, 0.15) is 35.7 Å². The standard InChI is InChI=1S/C24H20N6O/c1-14-19(12-25)22(20(13-26)15(2)27-14)17-9-10-21-18(11-17)23(29-30(21)3)28-24(31)16-7-5-4-6-8-16/h4-11,19,22H,1-3H3,(H,28,29,31). The number of allylic oxidation sites excluding steroid dienone is 2. The van der Waals surface area contributed by atoms with Crippen LogP contribution in [-0.4, -0.2) is 21.4 Å². The molecule has 0 saturated heterocycles. The number of nitrogens with zero attached hydrogens (tertiary/aromatic N) is 5. The minimum absolute atomic E-state index is 0.255. The van der Waals surface area contributed by atoms with E-state index in [4.69, 9.17) is 0 Å². The lowest BCUT2D eigenvalue weighted by Gasteiger charge is -2.26. The van der Waals surface area contributed by atoms with Crippen molar-refractivity contribution in [2.45, 2.75) is 19.8 Å². The lowest BCUT2D eigenvalue weighted by molar-refractivity contribution is 0.102. The van der Waals surface area contributed by atoms with Crippen molar-refractivity contribution >= 4 is 28.3 Å². The molecule has 7 heteroatoms. The molecule has 2 atom stereocenters. The van der Waals surface area contributed by atoms with Crippen LogP contribution in [0.2, 0.25) is 0 Å². The maximum atomic E-state index is 12.7. The molecule has 3 aromatic rings. The average Bonchev–Trinajstić information content (AvgIpc) is 3.08. The summed E-state index contributed by atoms with van der Waals surface area (Å²) in [6.45, 7) is 3.60. The molecule has 31 heavy (non-hydrogen) atoms. The van der Waals surface area contributed by atoms with E-state index in [1.54, 1.807) is 42.9 Å². The number of rotatable bonds is 3. The van der Waals surface area contributed by atoms with Gasteiger partial charge >= 0.3 is 0 Å². The highest BCUT2D eigenvalue weighted by Gasteiger charge is 2.34. The fourth-order valence-electron chi connectivity index (χ4n) is 4.04. The third kappa shape index (κ3) is 3.47. The number of aromatic nitrogens is 2. The number of aryl methyl sites for hydroxylation is 1. The van der Waals surface area contributed by atoms with Gasteiger partial charge in [-0.25, -0.2) is 0 Å². The first-order valence-electron chi connectivity index (χ1n) is 9.83. The predicted molar refractivity (Wildman–Crippen MR) is 118 cm³/mol. The van der Waals surface area contributed by atoms with Crippen LogP contribution >= 0.6 is 0 Å². The lowest BCUT2D eigenvalue weighted by atomic mass is 9.76. The fourth-order valence-corrected chi connectivity index (χ4v) is 4.04. The zero-order chi connectivity index (χ0) is 22.1. The second kappa shape index (κ2) is 7.89. The molecule has 1 aliphatic rings. The van der Waals surface area contributed by atoms with E-state index in [1.165, 1.54) is 0 Å². The van der Waals surface area contributed by atoms with Gasteiger partial charge in [-0.05, 0) is 43.7 Å². The van der Waals surface area contributed by atoms with Crippen LogP contribution in [0.5, 0.6) is 0 Å². The highest BCUT2D eigenvalue weighted by molar-refractivity contribution is 6.08. The van der Waals surface area contributed by atoms with E-state index in [9.17, 15) is 15.3 Å². The smallest absolute Gasteiger partial charge is 0.256 e. The van der Waals surface area contributed by atoms with Gasteiger partial charge < -0.3 is 5.32 Å². The number of aliphatic imine (C=N–C) groups is 1. The summed E-state index contributed by atoms with van der Waals surface area (Å²) in [6, 6.07) is 19.2. The molecule has 1 aromatic heterocycles. The number of anilines is 1. The van der Waals surface area contributed by atoms with E-state index in [0.29, 0.717) is 28.4 Å². The molecule has 0 radical (unpaired) electrons. The third-order valence-corrected chi connectivity index (χ3v) is 5.59. The Morgan fingerprint density at radius 2 is 1.87 bits per heavy atom. The Labute approximate surface area is 179 Å². The number of nitriles is 2. The summed E-state index contributed by atoms with van der Waals surface area (Å²) in [7, 11) is 1.81. The van der Waals surface area contributed by atoms with E-state index in [1.807, 2.05) is 31.2 Å². The van der Waals surface area contributed by atoms with Gasteiger partial charge in [0.25, 0.3) is 5.91 Å². The molecule has 2 aromatic carbocycles. The maximum absolute atomic E-state index is 12.7. The van der Waals surface area contributed by atoms with Crippen LogP contribution < -0.4 is 5.32 Å². The van der Waals surface area contributed by atoms with Gasteiger partial charge in [0.05, 0.1) is 34.8 Å². The maximum Gasteiger partial charge on any atom is 0.256 e. The minimum Gasteiger partial charge on any atom is -0.305 e. The fraction of sp³-hybridized carbons (Fsp3) is 0.208. The Balaban J connectivity index is 1.80. The van der Waals surface area contributed by atoms with Crippen molar-refractivity contribution in [3.05, 3.63) is 70.9 Å². The van der Waals surface area contributed by atoms with Gasteiger partial charge in [-0.15, -0.1) is 0 Å². The first-order chi connectivity index (χ1) is 14.9. The monoisotopic (exact) mass is 408 g/mol. The topological polar surface area (TPSA) is 107 Å². The van der Waals surface area contributed by atoms with Gasteiger partial charge in [0, 0.05) is 29.6 Å². The predicted octanol–water partition coefficient (Wildman–Crippen LogP) is 4.32. The molecule has 1 N–H and O–H groups in total. The summed E-state index contributed by atoms with van der Waals surface area (Å²) in [4.78, 5) is 17.1. The zero-order valence-corrected chi connectivity index (χ0v) is 17.4. The molecule has 2 unspecified atom stereocenters. The summed E-state index contributed by atoms with van der Waals surface area (Å²) >= 11 is 0. The summed E-state index contributed by atoms with van der Waals surface area (Å²) in [5.41, 5.74) is 3.98. The normalized spacial score (nSPS) is 18.3. The van der Waals surface area contributed by atoms with Crippen molar-refractivity contribution in [2.75, 3.05) is 5.32 Å². The van der Waals surface area contributed by atoms with E-state index in [0.717, 1.165) is 16.5 Å². The van der Waals surface area contributed by atoms with Gasteiger partial charge in [-0.2, -0.15) is 15.6 Å². The van der Waals surface area contributed by atoms with Crippen LogP contribution in [0.25, 0.3) is 10.9 Å². The van der Waals surface area contributed by atoms with Crippen LogP contribution in [0.3, 0.4) is 0 Å². The largest absolute Gasteiger partial charge is 0.305 e. The summed E-state index contributed by atoms with van der Waals surface area (Å²) in [6.07, 6.45) is 0. The average molecular weight is 408 g/mol. The molecule has 1 amide bonds. The molecule has 4 rings (SSSR count). The van der Waals surface area contributed by atoms with Crippen LogP contribution in [0.15, 0.2) is 64.8 Å². The Hall–Kier alpha value is -4.23. The number of carbonyl (C=O) groups excluding carboxylic acids is 1. The van der Waals surface area contributed by atoms with Gasteiger partial charge in [-0.3, -0.25) is 14.5 Å². The second-order valence-corrected chi connectivity index (χ2v) is 7.52. The summed E-state index contributed by atoms with van der Waals surface area (Å²) in [5.74, 6) is -0.776. The molecule has 0 aliphatic carbocycles. The molecule has 0 fully saturated rings. The summed E-state index contributed by atoms with van der Waals surface area (Å²) < 4.78 is 1.70. The SMILES string of the molecule is CC1=NC(C)=C(C#N)C(c2ccc3c(c2)c(NC(=O)c2ccccc2)nn3C)C1C#N. The molecule has 2 heterocycles. The minimum atomic E-state index is -0.533. The number of nitrogens with one attached hydrogen (secondary N) is 1. The number of benzene rings is 2. The van der Waals surface area contributed by atoms with Crippen molar-refractivity contribution in [3.63, 3.8) is 0 Å². The Morgan fingerprint density at radius 3 is 2.55 bits per heavy atom. The van der Waals surface area contributed by atoms with Gasteiger partial charge in [0.1, 0.15) is 0 Å². The second-order valence-electron chi connectivity index (χ2n) is 7.52. The lowest BCUT2D eigenvalue weighted by Crippen LogP contribution is -2.24. The van der Waals surface area contributed by atoms with Crippen molar-refractivity contribution < 1.29 is 4.79 Å². The molecule has 152 valence electrons. The number of carbonyl (C=O) groups is 1. The van der Waals surface area contributed by atoms with Crippen molar-refractivity contribution in [3.8, 4) is 12.1 Å². The third-order valence-electron chi connectivity index (χ3n) is 5.59. The Morgan fingerprint density at radius 1 is 1.13 bits per heavy atom. The van der Waals surface area contributed by atoms with Crippen LogP contribution in [0.4, 0.5) is 5.82 Å². The van der Waals surface area contributed by atoms with E-state index < -0.39 is 11.8 Å². The van der Waals surface area contributed by atoms with E-state index in [-0.39, 0.29) is 5.91 Å². The zero-order valence-electron chi connectivity index (χ0n) is 17.4. The Bertz CT molecular complexity index is 1330. The Kier molecular flexibility index (Phi) is 5.10. The molecule has 0 saturated carbocycles. The van der Waals surface area contributed by atoms with Gasteiger partial charge in [0.2, 0.25) is 0 Å². The number of amides is 1. The molecular weight excluding hydrogens is 388 g/mol.